The molecule has 1 aliphatic carbocycles. The normalized spacial score (nSPS) is 14.1. The van der Waals surface area contributed by atoms with E-state index in [0.717, 1.165) is 11.1 Å². The highest BCUT2D eigenvalue weighted by molar-refractivity contribution is 7.91. The minimum Gasteiger partial charge on any atom is -0.477 e. The van der Waals surface area contributed by atoms with Crippen molar-refractivity contribution in [2.45, 2.75) is 63.4 Å². The largest absolute Gasteiger partial charge is 0.477 e. The second kappa shape index (κ2) is 9.81. The van der Waals surface area contributed by atoms with Gasteiger partial charge in [-0.3, -0.25) is 9.78 Å². The van der Waals surface area contributed by atoms with Crippen LogP contribution in [0.1, 0.15) is 56.4 Å². The van der Waals surface area contributed by atoms with Gasteiger partial charge in [-0.05, 0) is 52.2 Å². The minimum atomic E-state index is -3.25. The standard InChI is InChI=1S/C26H30N4O4S/c1-5-34-25-15-27-14-21(29-25)19-8-6-18(7-9-19)13-23(31)26(3,4)22-12-17(2)28-24(30-22)16-35(32,33)20-10-11-20/h6-9,12,14-15,20H,5,10-11,13,16H2,1-4H3. The van der Waals surface area contributed by atoms with E-state index in [2.05, 4.69) is 19.9 Å². The van der Waals surface area contributed by atoms with Crippen molar-refractivity contribution in [3.8, 4) is 17.1 Å². The SMILES string of the molecule is CCOc1cncc(-c2ccc(CC(=O)C(C)(C)c3cc(C)nc(CS(=O)(=O)C4CC4)n3)cc2)n1. The smallest absolute Gasteiger partial charge is 0.232 e. The molecule has 1 aliphatic rings. The van der Waals surface area contributed by atoms with Crippen molar-refractivity contribution < 1.29 is 17.9 Å². The molecule has 1 saturated carbocycles. The zero-order valence-electron chi connectivity index (χ0n) is 20.5. The summed E-state index contributed by atoms with van der Waals surface area (Å²) in [5, 5.41) is -0.277. The fraction of sp³-hybridized carbons (Fsp3) is 0.423. The third kappa shape index (κ3) is 5.90. The Bertz CT molecular complexity index is 1330. The molecule has 4 rings (SSSR count). The number of aryl methyl sites for hydroxylation is 1. The van der Waals surface area contributed by atoms with E-state index in [-0.39, 0.29) is 29.0 Å². The van der Waals surface area contributed by atoms with Gasteiger partial charge in [0, 0.05) is 17.7 Å². The van der Waals surface area contributed by atoms with Gasteiger partial charge in [-0.2, -0.15) is 0 Å². The van der Waals surface area contributed by atoms with Gasteiger partial charge in [0.1, 0.15) is 17.4 Å². The number of Topliss-reactive ketones (excluding diaryl/α,β-unsaturated/α-hetero) is 1. The number of carbonyl (C=O) groups excluding carboxylic acids is 1. The van der Waals surface area contributed by atoms with E-state index in [1.54, 1.807) is 25.4 Å². The van der Waals surface area contributed by atoms with Crippen LogP contribution in [0.3, 0.4) is 0 Å². The second-order valence-electron chi connectivity index (χ2n) is 9.41. The summed E-state index contributed by atoms with van der Waals surface area (Å²) < 4.78 is 30.3. The average molecular weight is 495 g/mol. The molecule has 184 valence electrons. The number of ether oxygens (including phenoxy) is 1. The predicted octanol–water partition coefficient (Wildman–Crippen LogP) is 3.81. The van der Waals surface area contributed by atoms with Crippen molar-refractivity contribution in [3.05, 3.63) is 65.5 Å². The van der Waals surface area contributed by atoms with Crippen LogP contribution in [0.15, 0.2) is 42.7 Å². The Kier molecular flexibility index (Phi) is 6.98. The molecule has 0 atom stereocenters. The number of rotatable bonds is 10. The van der Waals surface area contributed by atoms with Gasteiger partial charge in [-0.25, -0.2) is 23.4 Å². The molecular formula is C26H30N4O4S. The van der Waals surface area contributed by atoms with Crippen LogP contribution in [0.25, 0.3) is 11.3 Å². The fourth-order valence-electron chi connectivity index (χ4n) is 3.79. The van der Waals surface area contributed by atoms with Crippen LogP contribution < -0.4 is 4.74 Å². The number of sulfone groups is 1. The quantitative estimate of drug-likeness (QED) is 0.418. The fourth-order valence-corrected chi connectivity index (χ4v) is 5.37. The molecule has 0 unspecified atom stereocenters. The number of nitrogens with zero attached hydrogens (tertiary/aromatic N) is 4. The van der Waals surface area contributed by atoms with Crippen LogP contribution in [-0.4, -0.2) is 46.0 Å². The third-order valence-corrected chi connectivity index (χ3v) is 8.27. The van der Waals surface area contributed by atoms with Gasteiger partial charge in [0.2, 0.25) is 5.88 Å². The van der Waals surface area contributed by atoms with Crippen LogP contribution in [0, 0.1) is 6.92 Å². The van der Waals surface area contributed by atoms with Gasteiger partial charge in [0.25, 0.3) is 0 Å². The van der Waals surface area contributed by atoms with E-state index >= 15 is 0 Å². The van der Waals surface area contributed by atoms with E-state index < -0.39 is 15.3 Å². The zero-order chi connectivity index (χ0) is 25.2. The highest BCUT2D eigenvalue weighted by Crippen LogP contribution is 2.31. The molecule has 3 aromatic rings. The molecule has 2 heterocycles. The molecule has 0 aliphatic heterocycles. The summed E-state index contributed by atoms with van der Waals surface area (Å²) in [5.74, 6) is 0.520. The molecule has 2 aromatic heterocycles. The van der Waals surface area contributed by atoms with Crippen LogP contribution in [0.5, 0.6) is 5.88 Å². The van der Waals surface area contributed by atoms with Crippen LogP contribution in [0.2, 0.25) is 0 Å². The lowest BCUT2D eigenvalue weighted by molar-refractivity contribution is -0.122. The summed E-state index contributed by atoms with van der Waals surface area (Å²) in [5.41, 5.74) is 2.72. The van der Waals surface area contributed by atoms with Gasteiger partial charge in [0.05, 0.1) is 41.1 Å². The summed E-state index contributed by atoms with van der Waals surface area (Å²) >= 11 is 0. The Labute approximate surface area is 206 Å². The van der Waals surface area contributed by atoms with E-state index in [1.807, 2.05) is 45.0 Å². The summed E-state index contributed by atoms with van der Waals surface area (Å²) in [6, 6.07) is 9.38. The number of aromatic nitrogens is 4. The molecule has 0 bridgehead atoms. The lowest BCUT2D eigenvalue weighted by Crippen LogP contribution is -2.32. The maximum absolute atomic E-state index is 13.3. The van der Waals surface area contributed by atoms with Gasteiger partial charge in [-0.15, -0.1) is 0 Å². The predicted molar refractivity (Wildman–Crippen MR) is 133 cm³/mol. The maximum atomic E-state index is 13.3. The first-order valence-electron chi connectivity index (χ1n) is 11.7. The summed E-state index contributed by atoms with van der Waals surface area (Å²) in [6.07, 6.45) is 4.87. The minimum absolute atomic E-state index is 0.0162. The lowest BCUT2D eigenvalue weighted by atomic mass is 9.81. The maximum Gasteiger partial charge on any atom is 0.232 e. The van der Waals surface area contributed by atoms with Gasteiger partial charge >= 0.3 is 0 Å². The van der Waals surface area contributed by atoms with Crippen molar-refractivity contribution in [2.24, 2.45) is 0 Å². The van der Waals surface area contributed by atoms with Gasteiger partial charge < -0.3 is 4.74 Å². The molecule has 0 saturated heterocycles. The molecule has 0 spiro atoms. The Balaban J connectivity index is 1.50. The van der Waals surface area contributed by atoms with E-state index in [9.17, 15) is 13.2 Å². The van der Waals surface area contributed by atoms with Crippen molar-refractivity contribution >= 4 is 15.6 Å². The first-order valence-corrected chi connectivity index (χ1v) is 13.4. The van der Waals surface area contributed by atoms with Crippen molar-refractivity contribution in [2.75, 3.05) is 6.61 Å². The monoisotopic (exact) mass is 494 g/mol. The molecule has 0 N–H and O–H groups in total. The van der Waals surface area contributed by atoms with Crippen LogP contribution >= 0.6 is 0 Å². The number of benzene rings is 1. The summed E-state index contributed by atoms with van der Waals surface area (Å²) in [7, 11) is -3.25. The van der Waals surface area contributed by atoms with Gasteiger partial charge in [-0.1, -0.05) is 24.3 Å². The van der Waals surface area contributed by atoms with Crippen molar-refractivity contribution in [3.63, 3.8) is 0 Å². The lowest BCUT2D eigenvalue weighted by Gasteiger charge is -2.23. The highest BCUT2D eigenvalue weighted by atomic mass is 32.2. The number of carbonyl (C=O) groups is 1. The average Bonchev–Trinajstić information content (AvgIpc) is 3.66. The molecule has 8 nitrogen and oxygen atoms in total. The molecule has 1 fully saturated rings. The topological polar surface area (TPSA) is 112 Å². The van der Waals surface area contributed by atoms with Crippen LogP contribution in [-0.2, 0) is 32.2 Å². The van der Waals surface area contributed by atoms with E-state index in [0.29, 0.717) is 42.4 Å². The molecule has 9 heteroatoms. The van der Waals surface area contributed by atoms with Crippen molar-refractivity contribution in [1.29, 1.82) is 0 Å². The third-order valence-electron chi connectivity index (χ3n) is 6.12. The molecule has 0 amide bonds. The number of ketones is 1. The van der Waals surface area contributed by atoms with Crippen LogP contribution in [0.4, 0.5) is 0 Å². The Hall–Kier alpha value is -3.20. The van der Waals surface area contributed by atoms with E-state index in [4.69, 9.17) is 4.74 Å². The zero-order valence-corrected chi connectivity index (χ0v) is 21.3. The number of hydrogen-bond acceptors (Lipinski definition) is 8. The first-order chi connectivity index (χ1) is 16.6. The molecule has 0 radical (unpaired) electrons. The summed E-state index contributed by atoms with van der Waals surface area (Å²) in [6.45, 7) is 7.83. The Morgan fingerprint density at radius 2 is 1.80 bits per heavy atom. The first kappa shape index (κ1) is 24.9. The van der Waals surface area contributed by atoms with Crippen molar-refractivity contribution in [1.82, 2.24) is 19.9 Å². The molecule has 1 aromatic carbocycles. The van der Waals surface area contributed by atoms with Gasteiger partial charge in [0.15, 0.2) is 9.84 Å². The highest BCUT2D eigenvalue weighted by Gasteiger charge is 2.37. The Morgan fingerprint density at radius 1 is 1.09 bits per heavy atom. The molecular weight excluding hydrogens is 464 g/mol. The second-order valence-corrected chi connectivity index (χ2v) is 11.7. The number of hydrogen-bond donors (Lipinski definition) is 0. The van der Waals surface area contributed by atoms with E-state index in [1.165, 1.54) is 0 Å². The summed E-state index contributed by atoms with van der Waals surface area (Å²) in [4.78, 5) is 30.8. The molecule has 35 heavy (non-hydrogen) atoms. The Morgan fingerprint density at radius 3 is 2.46 bits per heavy atom.